The fraction of sp³-hybridized carbons (Fsp3) is 0.429. The van der Waals surface area contributed by atoms with E-state index in [1.807, 2.05) is 0 Å². The van der Waals surface area contributed by atoms with Crippen LogP contribution >= 0.6 is 0 Å². The number of ether oxygens (including phenoxy) is 1. The van der Waals surface area contributed by atoms with E-state index < -0.39 is 23.6 Å². The van der Waals surface area contributed by atoms with Crippen molar-refractivity contribution in [2.45, 2.75) is 25.7 Å². The maximum atomic E-state index is 13.9. The van der Waals surface area contributed by atoms with Crippen molar-refractivity contribution in [3.05, 3.63) is 29.1 Å². The molecule has 5 heteroatoms. The van der Waals surface area contributed by atoms with Crippen molar-refractivity contribution < 1.29 is 23.8 Å². The summed E-state index contributed by atoms with van der Waals surface area (Å²) in [6.07, 6.45) is 0.668. The summed E-state index contributed by atoms with van der Waals surface area (Å²) >= 11 is 0. The van der Waals surface area contributed by atoms with E-state index >= 15 is 0 Å². The number of halogens is 1. The van der Waals surface area contributed by atoms with Crippen LogP contribution in [0.3, 0.4) is 0 Å². The quantitative estimate of drug-likeness (QED) is 0.832. The molecule has 0 radical (unpaired) electrons. The lowest BCUT2D eigenvalue weighted by Crippen LogP contribution is -2.07. The number of hydrogen-bond donors (Lipinski definition) is 1. The second-order valence-corrected chi connectivity index (χ2v) is 4.61. The minimum absolute atomic E-state index is 0.148. The van der Waals surface area contributed by atoms with Crippen LogP contribution in [0.4, 0.5) is 4.39 Å². The molecule has 19 heavy (non-hydrogen) atoms. The van der Waals surface area contributed by atoms with Crippen LogP contribution in [-0.2, 0) is 4.79 Å². The Morgan fingerprint density at radius 2 is 2.16 bits per heavy atom. The largest absolute Gasteiger partial charge is 0.496 e. The van der Waals surface area contributed by atoms with E-state index in [9.17, 15) is 14.0 Å². The highest BCUT2D eigenvalue weighted by Gasteiger charge is 2.47. The molecule has 1 aliphatic carbocycles. The maximum Gasteiger partial charge on any atom is 0.307 e. The van der Waals surface area contributed by atoms with Crippen molar-refractivity contribution in [3.63, 3.8) is 0 Å². The third kappa shape index (κ3) is 2.32. The molecule has 0 saturated heterocycles. The Morgan fingerprint density at radius 1 is 1.47 bits per heavy atom. The zero-order chi connectivity index (χ0) is 14.2. The summed E-state index contributed by atoms with van der Waals surface area (Å²) in [7, 11) is 1.36. The van der Waals surface area contributed by atoms with E-state index in [-0.39, 0.29) is 23.5 Å². The first kappa shape index (κ1) is 13.5. The Bertz CT molecular complexity index is 538. The molecule has 1 aromatic rings. The minimum atomic E-state index is -0.946. The average Bonchev–Trinajstić information content (AvgIpc) is 3.17. The number of hydrogen-bond acceptors (Lipinski definition) is 3. The second-order valence-electron chi connectivity index (χ2n) is 4.61. The molecule has 0 heterocycles. The van der Waals surface area contributed by atoms with E-state index in [0.717, 1.165) is 0 Å². The Labute approximate surface area is 110 Å². The van der Waals surface area contributed by atoms with Gasteiger partial charge >= 0.3 is 5.97 Å². The van der Waals surface area contributed by atoms with Gasteiger partial charge < -0.3 is 9.84 Å². The van der Waals surface area contributed by atoms with E-state index in [1.54, 1.807) is 6.92 Å². The van der Waals surface area contributed by atoms with Gasteiger partial charge in [0.25, 0.3) is 0 Å². The second kappa shape index (κ2) is 4.99. The molecule has 1 unspecified atom stereocenters. The molecule has 102 valence electrons. The SMILES string of the molecule is CCC(=O)c1ccc(F)c([C@H]2CC2C(=O)O)c1OC. The third-order valence-corrected chi connectivity index (χ3v) is 3.45. The number of carbonyl (C=O) groups is 2. The summed E-state index contributed by atoms with van der Waals surface area (Å²) < 4.78 is 19.1. The number of methoxy groups -OCH3 is 1. The minimum Gasteiger partial charge on any atom is -0.496 e. The number of rotatable bonds is 5. The van der Waals surface area contributed by atoms with Crippen LogP contribution < -0.4 is 4.74 Å². The van der Waals surface area contributed by atoms with Gasteiger partial charge in [-0.3, -0.25) is 9.59 Å². The summed E-state index contributed by atoms with van der Waals surface area (Å²) in [6, 6.07) is 2.60. The van der Waals surface area contributed by atoms with E-state index in [0.29, 0.717) is 12.0 Å². The van der Waals surface area contributed by atoms with Crippen LogP contribution in [0.25, 0.3) is 0 Å². The number of ketones is 1. The zero-order valence-corrected chi connectivity index (χ0v) is 10.8. The highest BCUT2D eigenvalue weighted by Crippen LogP contribution is 2.52. The molecule has 2 rings (SSSR count). The van der Waals surface area contributed by atoms with Crippen LogP contribution in [0.15, 0.2) is 12.1 Å². The average molecular weight is 266 g/mol. The number of carboxylic acids is 1. The van der Waals surface area contributed by atoms with Gasteiger partial charge in [-0.25, -0.2) is 4.39 Å². The molecule has 1 aromatic carbocycles. The Balaban J connectivity index is 2.48. The smallest absolute Gasteiger partial charge is 0.307 e. The standard InChI is InChI=1S/C14H15FO4/c1-3-11(16)7-4-5-10(15)12(13(7)19-2)8-6-9(8)14(17)18/h4-5,8-9H,3,6H2,1-2H3,(H,17,18)/t8-,9?/m0/s1. The number of carbonyl (C=O) groups excluding carboxylic acids is 1. The van der Waals surface area contributed by atoms with E-state index in [1.165, 1.54) is 19.2 Å². The molecule has 1 saturated carbocycles. The van der Waals surface area contributed by atoms with Gasteiger partial charge in [-0.2, -0.15) is 0 Å². The zero-order valence-electron chi connectivity index (χ0n) is 10.8. The summed E-state index contributed by atoms with van der Waals surface area (Å²) in [5, 5.41) is 8.93. The van der Waals surface area contributed by atoms with Crippen molar-refractivity contribution in [2.75, 3.05) is 7.11 Å². The lowest BCUT2D eigenvalue weighted by atomic mass is 9.99. The highest BCUT2D eigenvalue weighted by molar-refractivity contribution is 5.99. The first-order valence-corrected chi connectivity index (χ1v) is 6.13. The van der Waals surface area contributed by atoms with Crippen molar-refractivity contribution in [1.29, 1.82) is 0 Å². The summed E-state index contributed by atoms with van der Waals surface area (Å²) in [5.74, 6) is -2.42. The molecule has 0 spiro atoms. The Morgan fingerprint density at radius 3 is 2.63 bits per heavy atom. The van der Waals surface area contributed by atoms with Crippen molar-refractivity contribution in [1.82, 2.24) is 0 Å². The third-order valence-electron chi connectivity index (χ3n) is 3.45. The van der Waals surface area contributed by atoms with Gasteiger partial charge in [0.2, 0.25) is 0 Å². The van der Waals surface area contributed by atoms with Gasteiger partial charge in [-0.05, 0) is 18.6 Å². The number of benzene rings is 1. The normalized spacial score (nSPS) is 21.0. The summed E-state index contributed by atoms with van der Waals surface area (Å²) in [6.45, 7) is 1.71. The predicted molar refractivity (Wildman–Crippen MR) is 66.1 cm³/mol. The van der Waals surface area contributed by atoms with Gasteiger partial charge in [-0.1, -0.05) is 6.92 Å². The van der Waals surface area contributed by atoms with E-state index in [4.69, 9.17) is 9.84 Å². The van der Waals surface area contributed by atoms with Crippen LogP contribution in [0, 0.1) is 11.7 Å². The molecule has 0 aliphatic heterocycles. The molecule has 0 aromatic heterocycles. The number of Topliss-reactive ketones (excluding diaryl/α,β-unsaturated/α-hetero) is 1. The van der Waals surface area contributed by atoms with Crippen LogP contribution in [-0.4, -0.2) is 24.0 Å². The summed E-state index contributed by atoms with van der Waals surface area (Å²) in [4.78, 5) is 22.7. The van der Waals surface area contributed by atoms with Crippen LogP contribution in [0.2, 0.25) is 0 Å². The number of carboxylic acid groups (broad SMARTS) is 1. The Hall–Kier alpha value is -1.91. The highest BCUT2D eigenvalue weighted by atomic mass is 19.1. The fourth-order valence-electron chi connectivity index (χ4n) is 2.34. The molecule has 0 bridgehead atoms. The molecule has 1 N–H and O–H groups in total. The molecule has 1 fully saturated rings. The Kier molecular flexibility index (Phi) is 3.55. The molecular weight excluding hydrogens is 251 g/mol. The number of aliphatic carboxylic acids is 1. The monoisotopic (exact) mass is 266 g/mol. The topological polar surface area (TPSA) is 63.6 Å². The fourth-order valence-corrected chi connectivity index (χ4v) is 2.34. The molecule has 0 amide bonds. The van der Waals surface area contributed by atoms with Gasteiger partial charge in [0.05, 0.1) is 18.6 Å². The maximum absolute atomic E-state index is 13.9. The first-order chi connectivity index (χ1) is 9.01. The van der Waals surface area contributed by atoms with Gasteiger partial charge in [0, 0.05) is 17.9 Å². The van der Waals surface area contributed by atoms with Crippen molar-refractivity contribution in [2.24, 2.45) is 5.92 Å². The van der Waals surface area contributed by atoms with Crippen LogP contribution in [0.1, 0.15) is 41.6 Å². The molecule has 4 nitrogen and oxygen atoms in total. The van der Waals surface area contributed by atoms with Gasteiger partial charge in [0.1, 0.15) is 11.6 Å². The summed E-state index contributed by atoms with van der Waals surface area (Å²) in [5.41, 5.74) is 0.534. The molecule has 1 aliphatic rings. The van der Waals surface area contributed by atoms with Gasteiger partial charge in [0.15, 0.2) is 5.78 Å². The predicted octanol–water partition coefficient (Wildman–Crippen LogP) is 2.62. The first-order valence-electron chi connectivity index (χ1n) is 6.13. The van der Waals surface area contributed by atoms with Crippen molar-refractivity contribution >= 4 is 11.8 Å². The molecule has 2 atom stereocenters. The van der Waals surface area contributed by atoms with Gasteiger partial charge in [-0.15, -0.1) is 0 Å². The lowest BCUT2D eigenvalue weighted by Gasteiger charge is -2.13. The van der Waals surface area contributed by atoms with E-state index in [2.05, 4.69) is 0 Å². The van der Waals surface area contributed by atoms with Crippen LogP contribution in [0.5, 0.6) is 5.75 Å². The molecular formula is C14H15FO4. The van der Waals surface area contributed by atoms with Crippen molar-refractivity contribution in [3.8, 4) is 5.75 Å². The lowest BCUT2D eigenvalue weighted by molar-refractivity contribution is -0.138.